The molecule has 1 rings (SSSR count). The van der Waals surface area contributed by atoms with E-state index >= 15 is 0 Å². The molecule has 2 unspecified atom stereocenters. The van der Waals surface area contributed by atoms with Crippen LogP contribution in [-0.2, 0) is 4.74 Å². The Morgan fingerprint density at radius 1 is 1.33 bits per heavy atom. The van der Waals surface area contributed by atoms with Crippen LogP contribution >= 0.6 is 0 Å². The average Bonchev–Trinajstić information content (AvgIpc) is 2.31. The van der Waals surface area contributed by atoms with E-state index < -0.39 is 0 Å². The Morgan fingerprint density at radius 3 is 2.50 bits per heavy atom. The highest BCUT2D eigenvalue weighted by atomic mass is 16.5. The van der Waals surface area contributed by atoms with Gasteiger partial charge in [-0.1, -0.05) is 26.7 Å². The van der Waals surface area contributed by atoms with Crippen LogP contribution in [0.3, 0.4) is 0 Å². The van der Waals surface area contributed by atoms with Gasteiger partial charge in [-0.3, -0.25) is 0 Å². The van der Waals surface area contributed by atoms with Crippen LogP contribution in [0.1, 0.15) is 66.2 Å². The van der Waals surface area contributed by atoms with E-state index in [1.807, 2.05) is 7.11 Å². The topological polar surface area (TPSA) is 21.3 Å². The zero-order valence-electron chi connectivity index (χ0n) is 13.3. The maximum atomic E-state index is 5.54. The van der Waals surface area contributed by atoms with Gasteiger partial charge < -0.3 is 10.1 Å². The van der Waals surface area contributed by atoms with Crippen LogP contribution in [0.5, 0.6) is 0 Å². The molecule has 0 bridgehead atoms. The van der Waals surface area contributed by atoms with Crippen molar-refractivity contribution in [3.63, 3.8) is 0 Å². The molecule has 1 aliphatic carbocycles. The van der Waals surface area contributed by atoms with E-state index in [0.29, 0.717) is 11.5 Å². The van der Waals surface area contributed by atoms with Crippen molar-refractivity contribution in [3.8, 4) is 0 Å². The summed E-state index contributed by atoms with van der Waals surface area (Å²) < 4.78 is 5.54. The third-order valence-corrected chi connectivity index (χ3v) is 5.06. The highest BCUT2D eigenvalue weighted by molar-refractivity contribution is 4.90. The number of hydrogen-bond donors (Lipinski definition) is 1. The van der Waals surface area contributed by atoms with Crippen molar-refractivity contribution >= 4 is 0 Å². The van der Waals surface area contributed by atoms with Crippen LogP contribution in [0.15, 0.2) is 0 Å². The summed E-state index contributed by atoms with van der Waals surface area (Å²) in [6, 6.07) is 0.634. The van der Waals surface area contributed by atoms with E-state index in [9.17, 15) is 0 Å². The Hall–Kier alpha value is -0.0800. The van der Waals surface area contributed by atoms with Crippen molar-refractivity contribution in [2.24, 2.45) is 11.3 Å². The lowest BCUT2D eigenvalue weighted by atomic mass is 9.65. The minimum atomic E-state index is 0.00785. The molecule has 0 amide bonds. The molecule has 1 N–H and O–H groups in total. The Balaban J connectivity index is 2.59. The summed E-state index contributed by atoms with van der Waals surface area (Å²) in [7, 11) is 3.94. The van der Waals surface area contributed by atoms with Crippen molar-refractivity contribution in [3.05, 3.63) is 0 Å². The molecule has 2 atom stereocenters. The highest BCUT2D eigenvalue weighted by Crippen LogP contribution is 2.43. The molecule has 1 aliphatic rings. The van der Waals surface area contributed by atoms with Gasteiger partial charge in [0.2, 0.25) is 0 Å². The lowest BCUT2D eigenvalue weighted by Crippen LogP contribution is -2.44. The first-order valence-corrected chi connectivity index (χ1v) is 7.55. The van der Waals surface area contributed by atoms with Crippen molar-refractivity contribution in [2.45, 2.75) is 77.9 Å². The molecular formula is C16H33NO. The molecule has 0 aliphatic heterocycles. The fourth-order valence-electron chi connectivity index (χ4n) is 3.42. The molecule has 0 heterocycles. The molecule has 0 aromatic carbocycles. The predicted molar refractivity (Wildman–Crippen MR) is 78.9 cm³/mol. The predicted octanol–water partition coefficient (Wildman–Crippen LogP) is 4.00. The van der Waals surface area contributed by atoms with E-state index in [0.717, 1.165) is 12.3 Å². The van der Waals surface area contributed by atoms with Gasteiger partial charge in [0.25, 0.3) is 0 Å². The highest BCUT2D eigenvalue weighted by Gasteiger charge is 2.37. The zero-order valence-corrected chi connectivity index (χ0v) is 13.3. The monoisotopic (exact) mass is 255 g/mol. The molecule has 1 fully saturated rings. The largest absolute Gasteiger partial charge is 0.379 e. The van der Waals surface area contributed by atoms with Crippen LogP contribution in [0.2, 0.25) is 0 Å². The Morgan fingerprint density at radius 2 is 2.00 bits per heavy atom. The zero-order chi connectivity index (χ0) is 13.8. The second-order valence-electron chi connectivity index (χ2n) is 7.24. The molecule has 1 saturated carbocycles. The summed E-state index contributed by atoms with van der Waals surface area (Å²) >= 11 is 0. The van der Waals surface area contributed by atoms with Gasteiger partial charge in [0.05, 0.1) is 5.60 Å². The summed E-state index contributed by atoms with van der Waals surface area (Å²) in [6.07, 6.45) is 7.91. The van der Waals surface area contributed by atoms with Crippen molar-refractivity contribution < 1.29 is 4.74 Å². The average molecular weight is 255 g/mol. The second-order valence-corrected chi connectivity index (χ2v) is 7.24. The summed E-state index contributed by atoms with van der Waals surface area (Å²) in [5.41, 5.74) is 0.497. The van der Waals surface area contributed by atoms with Crippen LogP contribution in [-0.4, -0.2) is 25.8 Å². The molecule has 0 saturated heterocycles. The van der Waals surface area contributed by atoms with E-state index in [-0.39, 0.29) is 5.60 Å². The molecule has 108 valence electrons. The molecular weight excluding hydrogens is 222 g/mol. The molecule has 2 nitrogen and oxygen atoms in total. The normalized spacial score (nSPS) is 26.0. The van der Waals surface area contributed by atoms with Crippen molar-refractivity contribution in [1.82, 2.24) is 5.32 Å². The number of nitrogens with one attached hydrogen (secondary N) is 1. The maximum absolute atomic E-state index is 5.54. The Bertz CT molecular complexity index is 247. The summed E-state index contributed by atoms with van der Waals surface area (Å²) in [4.78, 5) is 0. The molecule has 0 spiro atoms. The van der Waals surface area contributed by atoms with E-state index in [1.165, 1.54) is 32.1 Å². The third kappa shape index (κ3) is 4.24. The second kappa shape index (κ2) is 6.38. The molecule has 2 heteroatoms. The van der Waals surface area contributed by atoms with Gasteiger partial charge in [0, 0.05) is 13.2 Å². The van der Waals surface area contributed by atoms with Gasteiger partial charge in [-0.05, 0) is 57.9 Å². The third-order valence-electron chi connectivity index (χ3n) is 5.06. The van der Waals surface area contributed by atoms with E-state index in [1.54, 1.807) is 0 Å². The Labute approximate surface area is 114 Å². The van der Waals surface area contributed by atoms with Crippen molar-refractivity contribution in [1.29, 1.82) is 0 Å². The summed E-state index contributed by atoms with van der Waals surface area (Å²) in [5.74, 6) is 0.809. The van der Waals surface area contributed by atoms with Crippen LogP contribution in [0.4, 0.5) is 0 Å². The first kappa shape index (κ1) is 16.0. The summed E-state index contributed by atoms with van der Waals surface area (Å²) in [5, 5.41) is 3.57. The number of methoxy groups -OCH3 is 1. The van der Waals surface area contributed by atoms with E-state index in [2.05, 4.69) is 40.1 Å². The number of rotatable bonds is 6. The minimum Gasteiger partial charge on any atom is -0.379 e. The summed E-state index contributed by atoms with van der Waals surface area (Å²) in [6.45, 7) is 9.27. The first-order chi connectivity index (χ1) is 8.32. The minimum absolute atomic E-state index is 0.00785. The molecule has 0 aromatic heterocycles. The standard InChI is InChI=1S/C16H33NO/c1-15(2)11-8-7-9-13(15)14(17-5)10-12-16(3,4)18-6/h13-14,17H,7-12H2,1-6H3. The SMILES string of the molecule is CNC(CCC(C)(C)OC)C1CCCCC1(C)C. The van der Waals surface area contributed by atoms with Crippen molar-refractivity contribution in [2.75, 3.05) is 14.2 Å². The van der Waals surface area contributed by atoms with Gasteiger partial charge in [-0.25, -0.2) is 0 Å². The number of hydrogen-bond acceptors (Lipinski definition) is 2. The van der Waals surface area contributed by atoms with Gasteiger partial charge in [-0.15, -0.1) is 0 Å². The van der Waals surface area contributed by atoms with Gasteiger partial charge in [-0.2, -0.15) is 0 Å². The van der Waals surface area contributed by atoms with Crippen LogP contribution in [0, 0.1) is 11.3 Å². The quantitative estimate of drug-likeness (QED) is 0.774. The lowest BCUT2D eigenvalue weighted by Gasteiger charge is -2.44. The van der Waals surface area contributed by atoms with Gasteiger partial charge in [0.1, 0.15) is 0 Å². The molecule has 18 heavy (non-hydrogen) atoms. The number of ether oxygens (including phenoxy) is 1. The first-order valence-electron chi connectivity index (χ1n) is 7.55. The fourth-order valence-corrected chi connectivity index (χ4v) is 3.42. The lowest BCUT2D eigenvalue weighted by molar-refractivity contribution is 0.00519. The Kier molecular flexibility index (Phi) is 5.67. The van der Waals surface area contributed by atoms with Crippen LogP contribution < -0.4 is 5.32 Å². The molecule has 0 aromatic rings. The molecule has 0 radical (unpaired) electrons. The maximum Gasteiger partial charge on any atom is 0.0623 e. The van der Waals surface area contributed by atoms with Gasteiger partial charge in [0.15, 0.2) is 0 Å². The smallest absolute Gasteiger partial charge is 0.0623 e. The fraction of sp³-hybridized carbons (Fsp3) is 1.00. The van der Waals surface area contributed by atoms with Gasteiger partial charge >= 0.3 is 0 Å². The van der Waals surface area contributed by atoms with Crippen LogP contribution in [0.25, 0.3) is 0 Å². The van der Waals surface area contributed by atoms with E-state index in [4.69, 9.17) is 4.74 Å².